The average Bonchev–Trinajstić information content (AvgIpc) is 3.11. The van der Waals surface area contributed by atoms with Gasteiger partial charge in [-0.2, -0.15) is 4.98 Å². The summed E-state index contributed by atoms with van der Waals surface area (Å²) < 4.78 is 5.94. The van der Waals surface area contributed by atoms with E-state index in [0.29, 0.717) is 17.5 Å². The maximum atomic E-state index is 5.08. The van der Waals surface area contributed by atoms with E-state index in [4.69, 9.17) is 4.52 Å². The molecule has 0 aliphatic rings. The first-order valence-electron chi connectivity index (χ1n) is 6.70. The molecule has 1 N–H and O–H groups in total. The predicted molar refractivity (Wildman–Crippen MR) is 87.7 cm³/mol. The molecule has 0 saturated heterocycles. The Hall–Kier alpha value is -1.93. The molecule has 0 fully saturated rings. The minimum Gasteiger partial charge on any atom is -0.338 e. The highest BCUT2D eigenvalue weighted by atomic mass is 32.2. The van der Waals surface area contributed by atoms with Gasteiger partial charge in [-0.15, -0.1) is 10.2 Å². The predicted octanol–water partition coefficient (Wildman–Crippen LogP) is 3.88. The molecule has 1 aromatic carbocycles. The van der Waals surface area contributed by atoms with Crippen molar-refractivity contribution in [3.05, 3.63) is 41.0 Å². The maximum absolute atomic E-state index is 5.08. The van der Waals surface area contributed by atoms with Crippen LogP contribution >= 0.6 is 23.1 Å². The Morgan fingerprint density at radius 1 is 1.23 bits per heavy atom. The number of nitrogens with one attached hydrogen (secondary N) is 1. The molecular weight excluding hydrogens is 318 g/mol. The second-order valence-electron chi connectivity index (χ2n) is 4.77. The SMILES string of the molecule is Cc1noc(CSc2nnc(Nc3cccc(C)c3C)s2)n1. The Balaban J connectivity index is 1.65. The van der Waals surface area contributed by atoms with Gasteiger partial charge in [0.05, 0.1) is 5.75 Å². The number of rotatable bonds is 5. The molecule has 0 spiro atoms. The van der Waals surface area contributed by atoms with Gasteiger partial charge in [0, 0.05) is 5.69 Å². The first-order chi connectivity index (χ1) is 10.6. The molecule has 0 aliphatic carbocycles. The lowest BCUT2D eigenvalue weighted by molar-refractivity contribution is 0.387. The van der Waals surface area contributed by atoms with Gasteiger partial charge in [-0.3, -0.25) is 0 Å². The van der Waals surface area contributed by atoms with Crippen molar-refractivity contribution >= 4 is 33.9 Å². The van der Waals surface area contributed by atoms with Crippen LogP contribution in [-0.4, -0.2) is 20.3 Å². The highest BCUT2D eigenvalue weighted by molar-refractivity contribution is 8.00. The van der Waals surface area contributed by atoms with Gasteiger partial charge in [0.15, 0.2) is 10.2 Å². The lowest BCUT2D eigenvalue weighted by Crippen LogP contribution is -1.94. The molecule has 0 bridgehead atoms. The Labute approximate surface area is 136 Å². The van der Waals surface area contributed by atoms with Crippen molar-refractivity contribution < 1.29 is 4.52 Å². The normalized spacial score (nSPS) is 10.9. The highest BCUT2D eigenvalue weighted by Gasteiger charge is 2.09. The van der Waals surface area contributed by atoms with Crippen LogP contribution in [0.25, 0.3) is 0 Å². The van der Waals surface area contributed by atoms with Crippen LogP contribution in [0.5, 0.6) is 0 Å². The number of benzene rings is 1. The smallest absolute Gasteiger partial charge is 0.237 e. The van der Waals surface area contributed by atoms with Gasteiger partial charge < -0.3 is 9.84 Å². The Bertz CT molecular complexity index is 783. The average molecular weight is 333 g/mol. The quantitative estimate of drug-likeness (QED) is 0.710. The van der Waals surface area contributed by atoms with E-state index in [1.807, 2.05) is 12.1 Å². The molecule has 114 valence electrons. The molecule has 8 heteroatoms. The first kappa shape index (κ1) is 15.0. The van der Waals surface area contributed by atoms with Crippen LogP contribution < -0.4 is 5.32 Å². The van der Waals surface area contributed by atoms with Crippen molar-refractivity contribution in [1.29, 1.82) is 0 Å². The zero-order valence-corrected chi connectivity index (χ0v) is 14.1. The standard InChI is InChI=1S/C14H15N5OS2/c1-8-5-4-6-11(9(8)2)16-13-17-18-14(22-13)21-7-12-15-10(3)19-20-12/h4-6H,7H2,1-3H3,(H,16,17). The lowest BCUT2D eigenvalue weighted by Gasteiger charge is -2.08. The van der Waals surface area contributed by atoms with Gasteiger partial charge in [-0.25, -0.2) is 0 Å². The van der Waals surface area contributed by atoms with Crippen LogP contribution in [0.3, 0.4) is 0 Å². The van der Waals surface area contributed by atoms with Gasteiger partial charge in [0.1, 0.15) is 0 Å². The lowest BCUT2D eigenvalue weighted by atomic mass is 10.1. The van der Waals surface area contributed by atoms with Crippen molar-refractivity contribution in [2.45, 2.75) is 30.9 Å². The molecule has 0 aliphatic heterocycles. The van der Waals surface area contributed by atoms with Crippen molar-refractivity contribution in [2.75, 3.05) is 5.32 Å². The summed E-state index contributed by atoms with van der Waals surface area (Å²) in [6.07, 6.45) is 0. The summed E-state index contributed by atoms with van der Waals surface area (Å²) in [5.41, 5.74) is 3.52. The maximum Gasteiger partial charge on any atom is 0.237 e. The van der Waals surface area contributed by atoms with Crippen molar-refractivity contribution in [3.8, 4) is 0 Å². The minimum atomic E-state index is 0.596. The van der Waals surface area contributed by atoms with Crippen LogP contribution in [0.4, 0.5) is 10.8 Å². The third-order valence-corrected chi connectivity index (χ3v) is 5.10. The third kappa shape index (κ3) is 3.45. The molecule has 6 nitrogen and oxygen atoms in total. The fourth-order valence-electron chi connectivity index (χ4n) is 1.84. The minimum absolute atomic E-state index is 0.596. The van der Waals surface area contributed by atoms with Gasteiger partial charge in [0.2, 0.25) is 11.0 Å². The van der Waals surface area contributed by atoms with Gasteiger partial charge in [0.25, 0.3) is 0 Å². The monoisotopic (exact) mass is 333 g/mol. The third-order valence-electron chi connectivity index (χ3n) is 3.14. The fraction of sp³-hybridized carbons (Fsp3) is 0.286. The molecular formula is C14H15N5OS2. The summed E-state index contributed by atoms with van der Waals surface area (Å²) in [5, 5.41) is 16.2. The Morgan fingerprint density at radius 2 is 2.09 bits per heavy atom. The van der Waals surface area contributed by atoms with Gasteiger partial charge >= 0.3 is 0 Å². The van der Waals surface area contributed by atoms with Crippen LogP contribution in [-0.2, 0) is 5.75 Å². The number of hydrogen-bond acceptors (Lipinski definition) is 8. The summed E-state index contributed by atoms with van der Waals surface area (Å²) >= 11 is 3.04. The molecule has 3 aromatic rings. The highest BCUT2D eigenvalue weighted by Crippen LogP contribution is 2.30. The van der Waals surface area contributed by atoms with E-state index in [1.54, 1.807) is 6.92 Å². The van der Waals surface area contributed by atoms with Crippen molar-refractivity contribution in [1.82, 2.24) is 20.3 Å². The van der Waals surface area contributed by atoms with Crippen molar-refractivity contribution in [3.63, 3.8) is 0 Å². The summed E-state index contributed by atoms with van der Waals surface area (Å²) in [6.45, 7) is 5.98. The number of thioether (sulfide) groups is 1. The topological polar surface area (TPSA) is 76.7 Å². The zero-order valence-electron chi connectivity index (χ0n) is 12.5. The fourth-order valence-corrected chi connectivity index (χ4v) is 3.44. The molecule has 0 saturated carbocycles. The van der Waals surface area contributed by atoms with E-state index in [1.165, 1.54) is 34.2 Å². The second-order valence-corrected chi connectivity index (χ2v) is 6.97. The zero-order chi connectivity index (χ0) is 15.5. The second kappa shape index (κ2) is 6.45. The van der Waals surface area contributed by atoms with Crippen LogP contribution in [0, 0.1) is 20.8 Å². The number of anilines is 2. The van der Waals surface area contributed by atoms with E-state index in [-0.39, 0.29) is 0 Å². The molecule has 2 aromatic heterocycles. The molecule has 0 amide bonds. The molecule has 2 heterocycles. The summed E-state index contributed by atoms with van der Waals surface area (Å²) in [5.74, 6) is 1.84. The van der Waals surface area contributed by atoms with E-state index in [0.717, 1.165) is 15.2 Å². The molecule has 3 rings (SSSR count). The Kier molecular flexibility index (Phi) is 4.39. The number of nitrogens with zero attached hydrogens (tertiary/aromatic N) is 4. The number of hydrogen-bond donors (Lipinski definition) is 1. The largest absolute Gasteiger partial charge is 0.338 e. The van der Waals surface area contributed by atoms with E-state index >= 15 is 0 Å². The van der Waals surface area contributed by atoms with E-state index in [9.17, 15) is 0 Å². The van der Waals surface area contributed by atoms with Crippen LogP contribution in [0.2, 0.25) is 0 Å². The molecule has 0 unspecified atom stereocenters. The molecule has 0 atom stereocenters. The Morgan fingerprint density at radius 3 is 2.86 bits per heavy atom. The van der Waals surface area contributed by atoms with Crippen LogP contribution in [0.1, 0.15) is 22.8 Å². The van der Waals surface area contributed by atoms with E-state index < -0.39 is 0 Å². The number of aryl methyl sites for hydroxylation is 2. The molecule has 0 radical (unpaired) electrons. The van der Waals surface area contributed by atoms with Gasteiger partial charge in [-0.05, 0) is 38.0 Å². The summed E-state index contributed by atoms with van der Waals surface area (Å²) in [6, 6.07) is 6.16. The summed E-state index contributed by atoms with van der Waals surface area (Å²) in [4.78, 5) is 4.16. The van der Waals surface area contributed by atoms with Crippen molar-refractivity contribution in [2.24, 2.45) is 0 Å². The van der Waals surface area contributed by atoms with Crippen LogP contribution in [0.15, 0.2) is 27.1 Å². The van der Waals surface area contributed by atoms with Gasteiger partial charge in [-0.1, -0.05) is 40.4 Å². The molecule has 22 heavy (non-hydrogen) atoms. The summed E-state index contributed by atoms with van der Waals surface area (Å²) in [7, 11) is 0. The first-order valence-corrected chi connectivity index (χ1v) is 8.51. The van der Waals surface area contributed by atoms with E-state index in [2.05, 4.69) is 45.6 Å². The number of aromatic nitrogens is 4.